The van der Waals surface area contributed by atoms with Crippen LogP contribution in [0.3, 0.4) is 0 Å². The first-order chi connectivity index (χ1) is 6.57. The van der Waals surface area contributed by atoms with Gasteiger partial charge in [-0.1, -0.05) is 0 Å². The summed E-state index contributed by atoms with van der Waals surface area (Å²) in [6, 6.07) is 0.136. The molecule has 84 valence electrons. The van der Waals surface area contributed by atoms with E-state index in [-0.39, 0.29) is 24.9 Å². The number of nitrogens with one attached hydrogen (secondary N) is 1. The lowest BCUT2D eigenvalue weighted by Crippen LogP contribution is -2.49. The minimum atomic E-state index is -0.200. The van der Waals surface area contributed by atoms with E-state index in [4.69, 9.17) is 14.9 Å². The molecule has 1 aliphatic rings. The summed E-state index contributed by atoms with van der Waals surface area (Å²) in [4.78, 5) is 0. The molecule has 0 saturated carbocycles. The van der Waals surface area contributed by atoms with Gasteiger partial charge in [0.2, 0.25) is 0 Å². The fourth-order valence-corrected chi connectivity index (χ4v) is 1.87. The van der Waals surface area contributed by atoms with Gasteiger partial charge in [-0.05, 0) is 26.7 Å². The van der Waals surface area contributed by atoms with Crippen molar-refractivity contribution < 1.29 is 14.9 Å². The lowest BCUT2D eigenvalue weighted by atomic mass is 9.93. The fourth-order valence-electron chi connectivity index (χ4n) is 1.87. The highest BCUT2D eigenvalue weighted by Gasteiger charge is 2.29. The van der Waals surface area contributed by atoms with Gasteiger partial charge >= 0.3 is 0 Å². The van der Waals surface area contributed by atoms with Gasteiger partial charge in [-0.25, -0.2) is 0 Å². The molecule has 4 heteroatoms. The van der Waals surface area contributed by atoms with Crippen LogP contribution in [-0.2, 0) is 4.74 Å². The summed E-state index contributed by atoms with van der Waals surface area (Å²) in [5, 5.41) is 21.1. The highest BCUT2D eigenvalue weighted by Crippen LogP contribution is 2.23. The summed E-state index contributed by atoms with van der Waals surface area (Å²) in [6.07, 6.45) is 1.86. The number of ether oxygens (including phenoxy) is 1. The first-order valence-electron chi connectivity index (χ1n) is 5.19. The molecule has 0 aliphatic carbocycles. The average Bonchev–Trinajstić information content (AvgIpc) is 2.12. The van der Waals surface area contributed by atoms with E-state index >= 15 is 0 Å². The summed E-state index contributed by atoms with van der Waals surface area (Å²) in [7, 11) is 0. The minimum Gasteiger partial charge on any atom is -0.395 e. The molecule has 0 spiro atoms. The Labute approximate surface area is 85.3 Å². The molecule has 1 heterocycles. The van der Waals surface area contributed by atoms with E-state index in [2.05, 4.69) is 19.2 Å². The zero-order valence-electron chi connectivity index (χ0n) is 8.99. The molecule has 0 aromatic carbocycles. The van der Waals surface area contributed by atoms with Crippen LogP contribution in [0.2, 0.25) is 0 Å². The normalized spacial score (nSPS) is 26.8. The Kier molecular flexibility index (Phi) is 4.31. The summed E-state index contributed by atoms with van der Waals surface area (Å²) in [5.41, 5.74) is -0.0919. The molecule has 0 radical (unpaired) electrons. The Balaban J connectivity index is 2.37. The predicted octanol–water partition coefficient (Wildman–Crippen LogP) is -0.113. The molecule has 1 saturated heterocycles. The van der Waals surface area contributed by atoms with Crippen molar-refractivity contribution in [1.82, 2.24) is 5.32 Å². The quantitative estimate of drug-likeness (QED) is 0.596. The van der Waals surface area contributed by atoms with Gasteiger partial charge in [-0.3, -0.25) is 0 Å². The maximum Gasteiger partial charge on any atom is 0.0641 e. The van der Waals surface area contributed by atoms with Gasteiger partial charge in [0.05, 0.1) is 24.9 Å². The third kappa shape index (κ3) is 3.53. The topological polar surface area (TPSA) is 61.7 Å². The highest BCUT2D eigenvalue weighted by molar-refractivity contribution is 4.84. The molecule has 0 bridgehead atoms. The van der Waals surface area contributed by atoms with Gasteiger partial charge in [0.25, 0.3) is 0 Å². The third-order valence-corrected chi connectivity index (χ3v) is 2.61. The van der Waals surface area contributed by atoms with Crippen molar-refractivity contribution >= 4 is 0 Å². The Morgan fingerprint density at radius 1 is 1.43 bits per heavy atom. The van der Waals surface area contributed by atoms with Crippen LogP contribution in [0.1, 0.15) is 26.7 Å². The average molecular weight is 203 g/mol. The molecule has 1 rings (SSSR count). The van der Waals surface area contributed by atoms with E-state index in [1.807, 2.05) is 0 Å². The maximum atomic E-state index is 8.93. The number of hydrogen-bond donors (Lipinski definition) is 3. The molecule has 1 aliphatic heterocycles. The molecular formula is C10H21NO3. The van der Waals surface area contributed by atoms with E-state index in [1.165, 1.54) is 0 Å². The van der Waals surface area contributed by atoms with Gasteiger partial charge in [0.15, 0.2) is 0 Å². The number of rotatable bonds is 4. The molecule has 4 nitrogen and oxygen atoms in total. The maximum absolute atomic E-state index is 8.93. The molecule has 1 atom stereocenters. The lowest BCUT2D eigenvalue weighted by molar-refractivity contribution is -0.0657. The van der Waals surface area contributed by atoms with Crippen molar-refractivity contribution in [3.05, 3.63) is 0 Å². The van der Waals surface area contributed by atoms with Crippen LogP contribution in [0.15, 0.2) is 0 Å². The Bertz CT molecular complexity index is 169. The zero-order chi connectivity index (χ0) is 10.6. The van der Waals surface area contributed by atoms with E-state index < -0.39 is 0 Å². The van der Waals surface area contributed by atoms with Gasteiger partial charge < -0.3 is 20.3 Å². The summed E-state index contributed by atoms with van der Waals surface area (Å²) < 4.78 is 5.58. The smallest absolute Gasteiger partial charge is 0.0641 e. The van der Waals surface area contributed by atoms with E-state index in [1.54, 1.807) is 0 Å². The van der Waals surface area contributed by atoms with Crippen LogP contribution in [-0.4, -0.2) is 47.7 Å². The van der Waals surface area contributed by atoms with Gasteiger partial charge in [0, 0.05) is 12.6 Å². The van der Waals surface area contributed by atoms with Crippen LogP contribution in [0.5, 0.6) is 0 Å². The predicted molar refractivity (Wildman–Crippen MR) is 54.1 cm³/mol. The molecule has 0 aromatic heterocycles. The van der Waals surface area contributed by atoms with E-state index in [0.29, 0.717) is 6.04 Å². The Morgan fingerprint density at radius 3 is 2.57 bits per heavy atom. The molecular weight excluding hydrogens is 182 g/mol. The number of hydrogen-bond acceptors (Lipinski definition) is 4. The summed E-state index contributed by atoms with van der Waals surface area (Å²) in [6.45, 7) is 4.83. The first kappa shape index (κ1) is 11.9. The van der Waals surface area contributed by atoms with Crippen LogP contribution < -0.4 is 5.32 Å². The Morgan fingerprint density at radius 2 is 2.07 bits per heavy atom. The van der Waals surface area contributed by atoms with Crippen molar-refractivity contribution in [2.24, 2.45) is 0 Å². The molecule has 1 fully saturated rings. The van der Waals surface area contributed by atoms with Crippen molar-refractivity contribution in [3.63, 3.8) is 0 Å². The Hall–Kier alpha value is -0.160. The summed E-state index contributed by atoms with van der Waals surface area (Å²) >= 11 is 0. The van der Waals surface area contributed by atoms with Crippen LogP contribution in [0.25, 0.3) is 0 Å². The monoisotopic (exact) mass is 203 g/mol. The molecule has 1 unspecified atom stereocenters. The number of aliphatic hydroxyl groups excluding tert-OH is 2. The van der Waals surface area contributed by atoms with E-state index in [9.17, 15) is 0 Å². The van der Waals surface area contributed by atoms with Crippen molar-refractivity contribution in [2.45, 2.75) is 44.4 Å². The van der Waals surface area contributed by atoms with E-state index in [0.717, 1.165) is 19.4 Å². The molecule has 0 aromatic rings. The second kappa shape index (κ2) is 5.07. The number of aliphatic hydroxyl groups is 2. The second-order valence-corrected chi connectivity index (χ2v) is 4.53. The largest absolute Gasteiger partial charge is 0.395 e. The van der Waals surface area contributed by atoms with Crippen molar-refractivity contribution in [1.29, 1.82) is 0 Å². The van der Waals surface area contributed by atoms with Crippen molar-refractivity contribution in [3.8, 4) is 0 Å². The molecule has 14 heavy (non-hydrogen) atoms. The minimum absolute atomic E-state index is 0.0196. The van der Waals surface area contributed by atoms with Gasteiger partial charge in [0.1, 0.15) is 0 Å². The fraction of sp³-hybridized carbons (Fsp3) is 1.00. The van der Waals surface area contributed by atoms with Crippen molar-refractivity contribution in [2.75, 3.05) is 19.8 Å². The van der Waals surface area contributed by atoms with Crippen LogP contribution >= 0.6 is 0 Å². The second-order valence-electron chi connectivity index (χ2n) is 4.53. The third-order valence-electron chi connectivity index (χ3n) is 2.61. The molecule has 0 amide bonds. The summed E-state index contributed by atoms with van der Waals surface area (Å²) in [5.74, 6) is 0. The lowest BCUT2D eigenvalue weighted by Gasteiger charge is -2.37. The molecule has 3 N–H and O–H groups in total. The van der Waals surface area contributed by atoms with Gasteiger partial charge in [-0.15, -0.1) is 0 Å². The van der Waals surface area contributed by atoms with Gasteiger partial charge in [-0.2, -0.15) is 0 Å². The standard InChI is InChI=1S/C10H21NO3/c1-10(2)5-8(3-4-14-10)11-9(6-12)7-13/h8-9,11-13H,3-7H2,1-2H3. The first-order valence-corrected chi connectivity index (χ1v) is 5.19. The zero-order valence-corrected chi connectivity index (χ0v) is 8.99. The highest BCUT2D eigenvalue weighted by atomic mass is 16.5. The van der Waals surface area contributed by atoms with Crippen LogP contribution in [0, 0.1) is 0 Å². The van der Waals surface area contributed by atoms with Crippen LogP contribution in [0.4, 0.5) is 0 Å². The SMILES string of the molecule is CC1(C)CC(NC(CO)CO)CCO1.